The van der Waals surface area contributed by atoms with Crippen molar-refractivity contribution in [1.29, 1.82) is 0 Å². The molecule has 0 aliphatic carbocycles. The Morgan fingerprint density at radius 3 is 2.80 bits per heavy atom. The van der Waals surface area contributed by atoms with Crippen LogP contribution in [0.5, 0.6) is 0 Å². The summed E-state index contributed by atoms with van der Waals surface area (Å²) in [4.78, 5) is 25.4. The lowest BCUT2D eigenvalue weighted by molar-refractivity contribution is 0.0661. The number of aryl methyl sites for hydroxylation is 1. The first-order valence-electron chi connectivity index (χ1n) is 8.29. The van der Waals surface area contributed by atoms with E-state index in [0.29, 0.717) is 18.7 Å². The molecule has 1 N–H and O–H groups in total. The minimum Gasteiger partial charge on any atom is -0.477 e. The van der Waals surface area contributed by atoms with E-state index in [1.54, 1.807) is 18.0 Å². The summed E-state index contributed by atoms with van der Waals surface area (Å²) in [5.74, 6) is -1.00. The van der Waals surface area contributed by atoms with Gasteiger partial charge in [0.05, 0.1) is 12.2 Å². The number of likely N-dealkylation sites (tertiary alicyclic amines) is 1. The normalized spacial score (nSPS) is 17.3. The van der Waals surface area contributed by atoms with Crippen LogP contribution >= 0.6 is 0 Å². The summed E-state index contributed by atoms with van der Waals surface area (Å²) in [6.45, 7) is 2.95. The maximum absolute atomic E-state index is 12.3. The number of hydrogen-bond acceptors (Lipinski definition) is 4. The van der Waals surface area contributed by atoms with E-state index in [1.165, 1.54) is 4.68 Å². The van der Waals surface area contributed by atoms with Crippen molar-refractivity contribution in [3.8, 4) is 0 Å². The van der Waals surface area contributed by atoms with Gasteiger partial charge in [-0.05, 0) is 25.3 Å². The van der Waals surface area contributed by atoms with Crippen LogP contribution in [0.4, 0.5) is 4.79 Å². The minimum absolute atomic E-state index is 0.155. The molecular formula is C18H21N3O4. The summed E-state index contributed by atoms with van der Waals surface area (Å²) >= 11 is 0. The Bertz CT molecular complexity index is 757. The van der Waals surface area contributed by atoms with Gasteiger partial charge in [-0.25, -0.2) is 9.59 Å². The van der Waals surface area contributed by atoms with Crippen molar-refractivity contribution < 1.29 is 19.4 Å². The number of aromatic carboxylic acids is 1. The number of nitrogens with zero attached hydrogens (tertiary/aromatic N) is 3. The van der Waals surface area contributed by atoms with E-state index in [1.807, 2.05) is 30.3 Å². The summed E-state index contributed by atoms with van der Waals surface area (Å²) in [5.41, 5.74) is 1.74. The number of carbonyl (C=O) groups excluding carboxylic acids is 1. The third-order valence-electron chi connectivity index (χ3n) is 4.39. The first-order valence-corrected chi connectivity index (χ1v) is 8.29. The number of carboxylic acid groups (broad SMARTS) is 1. The average molecular weight is 343 g/mol. The molecule has 0 radical (unpaired) electrons. The van der Waals surface area contributed by atoms with Crippen LogP contribution in [0, 0.1) is 6.92 Å². The highest BCUT2D eigenvalue weighted by Gasteiger charge is 2.29. The number of carbonyl (C=O) groups is 2. The number of ether oxygens (including phenoxy) is 1. The van der Waals surface area contributed by atoms with Crippen molar-refractivity contribution in [2.75, 3.05) is 13.1 Å². The molecule has 2 heterocycles. The van der Waals surface area contributed by atoms with Crippen LogP contribution in [-0.4, -0.2) is 44.9 Å². The lowest BCUT2D eigenvalue weighted by atomic mass is 10.1. The Kier molecular flexibility index (Phi) is 5.02. The molecule has 1 unspecified atom stereocenters. The predicted molar refractivity (Wildman–Crippen MR) is 90.4 cm³/mol. The molecule has 25 heavy (non-hydrogen) atoms. The van der Waals surface area contributed by atoms with Crippen LogP contribution in [0.25, 0.3) is 0 Å². The highest BCUT2D eigenvalue weighted by molar-refractivity contribution is 5.87. The van der Waals surface area contributed by atoms with Gasteiger partial charge in [0.15, 0.2) is 0 Å². The second-order valence-electron chi connectivity index (χ2n) is 6.21. The maximum Gasteiger partial charge on any atom is 0.410 e. The first-order chi connectivity index (χ1) is 12.1. The minimum atomic E-state index is -1.00. The molecule has 0 bridgehead atoms. The molecular weight excluding hydrogens is 322 g/mol. The van der Waals surface area contributed by atoms with E-state index in [2.05, 4.69) is 5.10 Å². The van der Waals surface area contributed by atoms with Gasteiger partial charge in [-0.2, -0.15) is 5.10 Å². The highest BCUT2D eigenvalue weighted by atomic mass is 16.6. The number of piperidine rings is 1. The van der Waals surface area contributed by atoms with Crippen LogP contribution < -0.4 is 0 Å². The molecule has 1 aromatic carbocycles. The van der Waals surface area contributed by atoms with Gasteiger partial charge in [0.25, 0.3) is 0 Å². The van der Waals surface area contributed by atoms with Gasteiger partial charge in [0.1, 0.15) is 12.3 Å². The fourth-order valence-corrected chi connectivity index (χ4v) is 3.12. The second kappa shape index (κ2) is 7.38. The van der Waals surface area contributed by atoms with Gasteiger partial charge in [0, 0.05) is 18.7 Å². The van der Waals surface area contributed by atoms with Gasteiger partial charge in [-0.3, -0.25) is 4.68 Å². The van der Waals surface area contributed by atoms with Crippen LogP contribution in [-0.2, 0) is 11.3 Å². The third-order valence-corrected chi connectivity index (χ3v) is 4.39. The van der Waals surface area contributed by atoms with Crippen LogP contribution in [0.3, 0.4) is 0 Å². The number of benzene rings is 1. The zero-order valence-electron chi connectivity index (χ0n) is 14.1. The van der Waals surface area contributed by atoms with E-state index in [-0.39, 0.29) is 24.4 Å². The Hall–Kier alpha value is -2.83. The molecule has 7 nitrogen and oxygen atoms in total. The van der Waals surface area contributed by atoms with Crippen molar-refractivity contribution >= 4 is 12.1 Å². The molecule has 2 aromatic rings. The number of aromatic nitrogens is 2. The van der Waals surface area contributed by atoms with E-state index in [0.717, 1.165) is 18.4 Å². The molecule has 0 saturated carbocycles. The Morgan fingerprint density at radius 2 is 2.08 bits per heavy atom. The average Bonchev–Trinajstić information content (AvgIpc) is 3.02. The molecule has 1 aliphatic heterocycles. The number of carboxylic acids is 1. The smallest absolute Gasteiger partial charge is 0.410 e. The monoisotopic (exact) mass is 343 g/mol. The lowest BCUT2D eigenvalue weighted by Gasteiger charge is -2.32. The molecule has 1 fully saturated rings. The molecule has 7 heteroatoms. The fourth-order valence-electron chi connectivity index (χ4n) is 3.12. The SMILES string of the molecule is Cc1cnn(C2CCCN(C(=O)OCc3ccccc3)C2)c1C(=O)O. The summed E-state index contributed by atoms with van der Waals surface area (Å²) in [5, 5.41) is 13.6. The van der Waals surface area contributed by atoms with E-state index < -0.39 is 5.97 Å². The van der Waals surface area contributed by atoms with Gasteiger partial charge in [0.2, 0.25) is 0 Å². The van der Waals surface area contributed by atoms with E-state index in [4.69, 9.17) is 4.74 Å². The largest absolute Gasteiger partial charge is 0.477 e. The highest BCUT2D eigenvalue weighted by Crippen LogP contribution is 2.24. The van der Waals surface area contributed by atoms with Crippen LogP contribution in [0.2, 0.25) is 0 Å². The van der Waals surface area contributed by atoms with Gasteiger partial charge in [-0.15, -0.1) is 0 Å². The quantitative estimate of drug-likeness (QED) is 0.923. The Labute approximate surface area is 145 Å². The van der Waals surface area contributed by atoms with Crippen LogP contribution in [0.15, 0.2) is 36.5 Å². The van der Waals surface area contributed by atoms with Crippen LogP contribution in [0.1, 0.15) is 40.5 Å². The Morgan fingerprint density at radius 1 is 1.32 bits per heavy atom. The van der Waals surface area contributed by atoms with Crippen molar-refractivity contribution in [1.82, 2.24) is 14.7 Å². The molecule has 132 valence electrons. The number of hydrogen-bond donors (Lipinski definition) is 1. The first kappa shape index (κ1) is 17.0. The van der Waals surface area contributed by atoms with E-state index >= 15 is 0 Å². The topological polar surface area (TPSA) is 84.7 Å². The van der Waals surface area contributed by atoms with Crippen molar-refractivity contribution in [2.24, 2.45) is 0 Å². The van der Waals surface area contributed by atoms with Crippen molar-refractivity contribution in [3.63, 3.8) is 0 Å². The molecule has 1 atom stereocenters. The van der Waals surface area contributed by atoms with Gasteiger partial charge in [-0.1, -0.05) is 30.3 Å². The second-order valence-corrected chi connectivity index (χ2v) is 6.21. The standard InChI is InChI=1S/C18H21N3O4/c1-13-10-19-21(16(13)17(22)23)15-8-5-9-20(11-15)18(24)25-12-14-6-3-2-4-7-14/h2-4,6-7,10,15H,5,8-9,11-12H2,1H3,(H,22,23). The summed E-state index contributed by atoms with van der Waals surface area (Å²) in [6.07, 6.45) is 2.73. The van der Waals surface area contributed by atoms with Crippen molar-refractivity contribution in [3.05, 3.63) is 53.3 Å². The number of amides is 1. The third kappa shape index (κ3) is 3.81. The summed E-state index contributed by atoms with van der Waals surface area (Å²) in [7, 11) is 0. The molecule has 1 aliphatic rings. The Balaban J connectivity index is 1.65. The molecule has 1 aromatic heterocycles. The molecule has 1 amide bonds. The van der Waals surface area contributed by atoms with Gasteiger partial charge >= 0.3 is 12.1 Å². The van der Waals surface area contributed by atoms with E-state index in [9.17, 15) is 14.7 Å². The molecule has 1 saturated heterocycles. The predicted octanol–water partition coefficient (Wildman–Crippen LogP) is 2.86. The lowest BCUT2D eigenvalue weighted by Crippen LogP contribution is -2.41. The van der Waals surface area contributed by atoms with Crippen molar-refractivity contribution in [2.45, 2.75) is 32.4 Å². The molecule has 0 spiro atoms. The zero-order chi connectivity index (χ0) is 17.8. The zero-order valence-corrected chi connectivity index (χ0v) is 14.1. The number of rotatable bonds is 4. The maximum atomic E-state index is 12.3. The summed E-state index contributed by atoms with van der Waals surface area (Å²) in [6, 6.07) is 9.35. The van der Waals surface area contributed by atoms with Gasteiger partial charge < -0.3 is 14.7 Å². The summed E-state index contributed by atoms with van der Waals surface area (Å²) < 4.78 is 6.90. The molecule has 3 rings (SSSR count). The fraction of sp³-hybridized carbons (Fsp3) is 0.389.